The minimum atomic E-state index is -0.801. The van der Waals surface area contributed by atoms with Crippen LogP contribution in [0.5, 0.6) is 0 Å². The van der Waals surface area contributed by atoms with Crippen molar-refractivity contribution in [2.24, 2.45) is 22.4 Å². The number of tetrazole rings is 1. The predicted octanol–water partition coefficient (Wildman–Crippen LogP) is 2.79. The molecule has 1 heterocycles. The number of hydrogen-bond acceptors (Lipinski definition) is 7. The second kappa shape index (κ2) is 9.86. The molecule has 32 heavy (non-hydrogen) atoms. The average molecular weight is 441 g/mol. The summed E-state index contributed by atoms with van der Waals surface area (Å²) in [5.74, 6) is -1.51. The lowest BCUT2D eigenvalue weighted by molar-refractivity contribution is 0.159. The van der Waals surface area contributed by atoms with E-state index in [1.165, 1.54) is 19.3 Å². The Morgan fingerprint density at radius 1 is 1.22 bits per heavy atom. The van der Waals surface area contributed by atoms with Crippen molar-refractivity contribution in [2.75, 3.05) is 6.61 Å². The third-order valence-electron chi connectivity index (χ3n) is 4.46. The van der Waals surface area contributed by atoms with Crippen LogP contribution in [0.15, 0.2) is 56.6 Å². The number of halogens is 2. The lowest BCUT2D eigenvalue weighted by Crippen LogP contribution is -2.23. The fourth-order valence-electron chi connectivity index (χ4n) is 2.82. The number of aromatic nitrogens is 4. The molecule has 2 aromatic carbocycles. The summed E-state index contributed by atoms with van der Waals surface area (Å²) < 4.78 is 29.9. The van der Waals surface area contributed by atoms with Crippen molar-refractivity contribution in [3.05, 3.63) is 75.2 Å². The first kappa shape index (κ1) is 22.7. The third-order valence-corrected chi connectivity index (χ3v) is 4.46. The van der Waals surface area contributed by atoms with Crippen LogP contribution in [0.25, 0.3) is 5.69 Å². The Bertz CT molecular complexity index is 1280. The highest BCUT2D eigenvalue weighted by molar-refractivity contribution is 6.47. The molecule has 0 bridgehead atoms. The number of aryl methyl sites for hydroxylation is 2. The van der Waals surface area contributed by atoms with Crippen molar-refractivity contribution in [1.82, 2.24) is 19.8 Å². The molecule has 0 saturated carbocycles. The van der Waals surface area contributed by atoms with Crippen LogP contribution in [-0.4, -0.2) is 44.0 Å². The van der Waals surface area contributed by atoms with Gasteiger partial charge in [-0.15, -0.1) is 0 Å². The van der Waals surface area contributed by atoms with Crippen LogP contribution in [0.2, 0.25) is 0 Å². The van der Waals surface area contributed by atoms with E-state index in [9.17, 15) is 13.6 Å². The molecule has 0 aliphatic carbocycles. The smallest absolute Gasteiger partial charge is 0.368 e. The van der Waals surface area contributed by atoms with Crippen molar-refractivity contribution in [3.63, 3.8) is 0 Å². The fourth-order valence-corrected chi connectivity index (χ4v) is 2.82. The molecule has 9 nitrogen and oxygen atoms in total. The highest BCUT2D eigenvalue weighted by Gasteiger charge is 2.15. The van der Waals surface area contributed by atoms with Crippen LogP contribution in [0.4, 0.5) is 8.78 Å². The van der Waals surface area contributed by atoms with E-state index in [1.807, 2.05) is 13.0 Å². The topological polar surface area (TPSA) is 99.0 Å². The van der Waals surface area contributed by atoms with Gasteiger partial charge in [0.05, 0.1) is 17.6 Å². The van der Waals surface area contributed by atoms with Crippen molar-refractivity contribution >= 4 is 17.6 Å². The van der Waals surface area contributed by atoms with Crippen molar-refractivity contribution in [3.8, 4) is 5.69 Å². The molecule has 0 radical (unpaired) electrons. The minimum absolute atomic E-state index is 0.0268. The Labute approximate surface area is 182 Å². The Morgan fingerprint density at radius 3 is 2.66 bits per heavy atom. The van der Waals surface area contributed by atoms with Crippen LogP contribution >= 0.6 is 0 Å². The van der Waals surface area contributed by atoms with E-state index in [1.54, 1.807) is 26.0 Å². The first-order valence-corrected chi connectivity index (χ1v) is 9.65. The van der Waals surface area contributed by atoms with Gasteiger partial charge in [0.25, 0.3) is 0 Å². The van der Waals surface area contributed by atoms with Gasteiger partial charge in [-0.2, -0.15) is 19.6 Å². The summed E-state index contributed by atoms with van der Waals surface area (Å²) in [6.45, 7) is 5.39. The summed E-state index contributed by atoms with van der Waals surface area (Å²) in [7, 11) is 1.50. The van der Waals surface area contributed by atoms with Gasteiger partial charge in [-0.3, -0.25) is 0 Å². The molecule has 0 fully saturated rings. The predicted molar refractivity (Wildman–Crippen MR) is 117 cm³/mol. The summed E-state index contributed by atoms with van der Waals surface area (Å²) in [5, 5.41) is 19.7. The van der Waals surface area contributed by atoms with Gasteiger partial charge >= 0.3 is 5.69 Å². The van der Waals surface area contributed by atoms with Crippen molar-refractivity contribution in [2.45, 2.75) is 20.8 Å². The molecule has 0 aliphatic rings. The van der Waals surface area contributed by atoms with Crippen LogP contribution < -0.4 is 5.69 Å². The van der Waals surface area contributed by atoms with Gasteiger partial charge < -0.3 is 4.84 Å². The molecule has 0 saturated heterocycles. The molecule has 3 rings (SSSR count). The van der Waals surface area contributed by atoms with E-state index in [0.717, 1.165) is 27.1 Å². The zero-order valence-corrected chi connectivity index (χ0v) is 18.0. The maximum atomic E-state index is 14.3. The van der Waals surface area contributed by atoms with Gasteiger partial charge in [-0.05, 0) is 55.0 Å². The minimum Gasteiger partial charge on any atom is -0.396 e. The molecule has 0 N–H and O–H groups in total. The summed E-state index contributed by atoms with van der Waals surface area (Å²) in [5.41, 5.74) is 1.84. The summed E-state index contributed by atoms with van der Waals surface area (Å²) >= 11 is 0. The van der Waals surface area contributed by atoms with E-state index in [4.69, 9.17) is 4.84 Å². The quantitative estimate of drug-likeness (QED) is 0.416. The first-order chi connectivity index (χ1) is 15.3. The zero-order valence-electron chi connectivity index (χ0n) is 18.0. The lowest BCUT2D eigenvalue weighted by atomic mass is 10.1. The largest absolute Gasteiger partial charge is 0.396 e. The molecular weight excluding hydrogens is 420 g/mol. The Balaban J connectivity index is 1.99. The molecule has 3 aromatic rings. The monoisotopic (exact) mass is 441 g/mol. The first-order valence-electron chi connectivity index (χ1n) is 9.65. The van der Waals surface area contributed by atoms with E-state index in [2.05, 4.69) is 25.8 Å². The van der Waals surface area contributed by atoms with Crippen LogP contribution in [0, 0.1) is 18.6 Å². The summed E-state index contributed by atoms with van der Waals surface area (Å²) in [6, 6.07) is 8.46. The molecular formula is C21H21F2N7O2. The van der Waals surface area contributed by atoms with Crippen LogP contribution in [0.1, 0.15) is 30.5 Å². The van der Waals surface area contributed by atoms with Gasteiger partial charge in [0.1, 0.15) is 24.0 Å². The van der Waals surface area contributed by atoms with Gasteiger partial charge in [0, 0.05) is 24.2 Å². The van der Waals surface area contributed by atoms with E-state index >= 15 is 0 Å². The maximum Gasteiger partial charge on any atom is 0.368 e. The highest BCUT2D eigenvalue weighted by Crippen LogP contribution is 2.15. The molecule has 1 aromatic heterocycles. The number of hydrogen-bond donors (Lipinski definition) is 0. The zero-order chi connectivity index (χ0) is 23.3. The molecule has 11 heteroatoms. The number of nitrogens with zero attached hydrogens (tertiary/aromatic N) is 7. The van der Waals surface area contributed by atoms with Gasteiger partial charge in [0.2, 0.25) is 0 Å². The van der Waals surface area contributed by atoms with Crippen LogP contribution in [0.3, 0.4) is 0 Å². The number of rotatable bonds is 7. The molecule has 0 unspecified atom stereocenters. The highest BCUT2D eigenvalue weighted by atomic mass is 19.1. The fraction of sp³-hybridized carbons (Fsp3) is 0.238. The second-order valence-electron chi connectivity index (χ2n) is 6.72. The van der Waals surface area contributed by atoms with Gasteiger partial charge in [0.15, 0.2) is 0 Å². The number of benzene rings is 2. The Kier molecular flexibility index (Phi) is 6.98. The van der Waals surface area contributed by atoms with Crippen LogP contribution in [-0.2, 0) is 11.9 Å². The number of oxime groups is 1. The summed E-state index contributed by atoms with van der Waals surface area (Å²) in [6.07, 6.45) is 1.45. The van der Waals surface area contributed by atoms with Gasteiger partial charge in [-0.1, -0.05) is 17.3 Å². The van der Waals surface area contributed by atoms with Crippen molar-refractivity contribution in [1.29, 1.82) is 0 Å². The van der Waals surface area contributed by atoms with E-state index in [0.29, 0.717) is 11.3 Å². The van der Waals surface area contributed by atoms with E-state index in [-0.39, 0.29) is 23.6 Å². The average Bonchev–Trinajstić information content (AvgIpc) is 3.09. The molecule has 0 spiro atoms. The van der Waals surface area contributed by atoms with Crippen molar-refractivity contribution < 1.29 is 13.6 Å². The second-order valence-corrected chi connectivity index (χ2v) is 6.72. The van der Waals surface area contributed by atoms with E-state index < -0.39 is 17.3 Å². The normalized spacial score (nSPS) is 12.6. The summed E-state index contributed by atoms with van der Waals surface area (Å²) in [4.78, 5) is 17.3. The SMILES string of the molecule is CCO/N=C(/C(C)=N/N=C/c1c(C)cccc1-n1nnn(C)c1=O)c1ccc(F)cc1F. The third kappa shape index (κ3) is 4.82. The Hall–Kier alpha value is -4.02. The molecule has 0 amide bonds. The Morgan fingerprint density at radius 2 is 2.00 bits per heavy atom. The molecule has 166 valence electrons. The van der Waals surface area contributed by atoms with Gasteiger partial charge in [-0.25, -0.2) is 13.6 Å². The molecule has 0 aliphatic heterocycles. The maximum absolute atomic E-state index is 14.3. The molecule has 0 atom stereocenters. The standard InChI is InChI=1S/C21H21F2N7O2/c1-5-32-26-20(16-10-9-15(22)11-18(16)23)14(3)25-24-12-17-13(2)7-6-8-19(17)30-21(31)29(4)27-28-30/h6-12H,5H2,1-4H3/b24-12+,25-14+,26-20-. The lowest BCUT2D eigenvalue weighted by Gasteiger charge is -2.07.